The van der Waals surface area contributed by atoms with E-state index in [9.17, 15) is 9.59 Å². The Hall–Kier alpha value is -3.02. The van der Waals surface area contributed by atoms with Gasteiger partial charge in [0.2, 0.25) is 5.91 Å². The van der Waals surface area contributed by atoms with Crippen LogP contribution in [0.4, 0.5) is 5.69 Å². The van der Waals surface area contributed by atoms with Crippen LogP contribution in [0.15, 0.2) is 48.5 Å². The van der Waals surface area contributed by atoms with Crippen LogP contribution in [-0.2, 0) is 4.79 Å². The fraction of sp³-hybridized carbons (Fsp3) is 0.364. The van der Waals surface area contributed by atoms with Gasteiger partial charge < -0.3 is 20.1 Å². The number of methoxy groups -OCH3 is 1. The third-order valence-corrected chi connectivity index (χ3v) is 4.14. The van der Waals surface area contributed by atoms with E-state index in [1.165, 1.54) is 0 Å². The summed E-state index contributed by atoms with van der Waals surface area (Å²) < 4.78 is 10.7. The zero-order valence-corrected chi connectivity index (χ0v) is 16.5. The van der Waals surface area contributed by atoms with Crippen LogP contribution in [0.1, 0.15) is 43.0 Å². The van der Waals surface area contributed by atoms with E-state index in [2.05, 4.69) is 17.6 Å². The van der Waals surface area contributed by atoms with E-state index in [1.807, 2.05) is 24.3 Å². The van der Waals surface area contributed by atoms with Crippen molar-refractivity contribution < 1.29 is 19.1 Å². The topological polar surface area (TPSA) is 76.7 Å². The van der Waals surface area contributed by atoms with E-state index in [1.54, 1.807) is 31.4 Å². The van der Waals surface area contributed by atoms with Gasteiger partial charge in [-0.05, 0) is 49.2 Å². The van der Waals surface area contributed by atoms with Crippen molar-refractivity contribution in [1.29, 1.82) is 0 Å². The zero-order chi connectivity index (χ0) is 20.2. The molecule has 6 heteroatoms. The lowest BCUT2D eigenvalue weighted by atomic mass is 10.1. The van der Waals surface area contributed by atoms with Gasteiger partial charge in [0.05, 0.1) is 25.0 Å². The van der Waals surface area contributed by atoms with E-state index in [0.717, 1.165) is 24.3 Å². The van der Waals surface area contributed by atoms with E-state index < -0.39 is 0 Å². The molecule has 0 aliphatic heterocycles. The molecule has 0 aliphatic rings. The molecule has 0 bridgehead atoms. The fourth-order valence-electron chi connectivity index (χ4n) is 2.57. The van der Waals surface area contributed by atoms with Gasteiger partial charge in [0.15, 0.2) is 0 Å². The minimum atomic E-state index is -0.174. The van der Waals surface area contributed by atoms with Crippen molar-refractivity contribution in [3.63, 3.8) is 0 Å². The van der Waals surface area contributed by atoms with Crippen molar-refractivity contribution in [2.45, 2.75) is 32.6 Å². The molecule has 0 atom stereocenters. The largest absolute Gasteiger partial charge is 0.497 e. The first-order chi connectivity index (χ1) is 13.6. The van der Waals surface area contributed by atoms with Gasteiger partial charge >= 0.3 is 0 Å². The molecule has 150 valence electrons. The summed E-state index contributed by atoms with van der Waals surface area (Å²) >= 11 is 0. The van der Waals surface area contributed by atoms with E-state index in [4.69, 9.17) is 9.47 Å². The van der Waals surface area contributed by atoms with E-state index >= 15 is 0 Å². The van der Waals surface area contributed by atoms with Crippen LogP contribution in [-0.4, -0.2) is 32.1 Å². The normalized spacial score (nSPS) is 10.2. The van der Waals surface area contributed by atoms with Crippen LogP contribution in [0.25, 0.3) is 0 Å². The number of benzene rings is 2. The van der Waals surface area contributed by atoms with E-state index in [0.29, 0.717) is 37.2 Å². The van der Waals surface area contributed by atoms with Crippen molar-refractivity contribution in [2.24, 2.45) is 0 Å². The highest BCUT2D eigenvalue weighted by atomic mass is 16.5. The summed E-state index contributed by atoms with van der Waals surface area (Å²) in [5, 5.41) is 5.70. The Kier molecular flexibility index (Phi) is 8.85. The molecule has 0 saturated carbocycles. The van der Waals surface area contributed by atoms with Crippen molar-refractivity contribution >= 4 is 17.5 Å². The molecule has 0 spiro atoms. The Morgan fingerprint density at radius 1 is 0.964 bits per heavy atom. The van der Waals surface area contributed by atoms with Crippen LogP contribution in [0.3, 0.4) is 0 Å². The first-order valence-electron chi connectivity index (χ1n) is 9.58. The summed E-state index contributed by atoms with van der Waals surface area (Å²) in [5.74, 6) is 1.18. The summed E-state index contributed by atoms with van der Waals surface area (Å²) in [5.41, 5.74) is 0.999. The van der Waals surface area contributed by atoms with Crippen molar-refractivity contribution in [1.82, 2.24) is 5.32 Å². The average Bonchev–Trinajstić information content (AvgIpc) is 2.72. The number of carbonyl (C=O) groups is 2. The van der Waals surface area contributed by atoms with Crippen molar-refractivity contribution in [3.05, 3.63) is 54.1 Å². The summed E-state index contributed by atoms with van der Waals surface area (Å²) in [6, 6.07) is 14.3. The lowest BCUT2D eigenvalue weighted by Gasteiger charge is -2.11. The molecule has 2 N–H and O–H groups in total. The van der Waals surface area contributed by atoms with E-state index in [-0.39, 0.29) is 11.8 Å². The maximum atomic E-state index is 12.3. The first kappa shape index (κ1) is 21.3. The maximum absolute atomic E-state index is 12.3. The second kappa shape index (κ2) is 11.6. The molecule has 28 heavy (non-hydrogen) atoms. The predicted octanol–water partition coefficient (Wildman–Crippen LogP) is 4.02. The quantitative estimate of drug-likeness (QED) is 0.574. The van der Waals surface area contributed by atoms with Crippen LogP contribution in [0.2, 0.25) is 0 Å². The minimum Gasteiger partial charge on any atom is -0.497 e. The number of ether oxygens (including phenoxy) is 2. The Bertz CT molecular complexity index is 759. The average molecular weight is 384 g/mol. The molecule has 0 aliphatic carbocycles. The number of unbranched alkanes of at least 4 members (excludes halogenated alkanes) is 1. The monoisotopic (exact) mass is 384 g/mol. The third-order valence-electron chi connectivity index (χ3n) is 4.14. The second-order valence-electron chi connectivity index (χ2n) is 6.33. The highest BCUT2D eigenvalue weighted by molar-refractivity contribution is 6.03. The number of hydrogen-bond acceptors (Lipinski definition) is 4. The number of amides is 2. The molecule has 2 aromatic rings. The van der Waals surface area contributed by atoms with Gasteiger partial charge in [-0.25, -0.2) is 0 Å². The smallest absolute Gasteiger partial charge is 0.253 e. The molecule has 2 amide bonds. The Balaban J connectivity index is 1.78. The molecular weight excluding hydrogens is 356 g/mol. The van der Waals surface area contributed by atoms with Crippen molar-refractivity contribution in [3.8, 4) is 11.5 Å². The summed E-state index contributed by atoms with van der Waals surface area (Å²) in [6.07, 6.45) is 2.82. The fourth-order valence-corrected chi connectivity index (χ4v) is 2.57. The predicted molar refractivity (Wildman–Crippen MR) is 110 cm³/mol. The van der Waals surface area contributed by atoms with Crippen molar-refractivity contribution in [2.75, 3.05) is 25.6 Å². The standard InChI is InChI=1S/C22H28N2O4/c1-3-4-15-23-22(26)19-8-5-6-9-20(19)24-21(25)10-7-16-28-18-13-11-17(27-2)12-14-18/h5-6,8-9,11-14H,3-4,7,10,15-16H2,1-2H3,(H,23,26)(H,24,25). The van der Waals surface area contributed by atoms with Gasteiger partial charge in [0.1, 0.15) is 11.5 Å². The molecule has 0 heterocycles. The number of carbonyl (C=O) groups excluding carboxylic acids is 2. The Morgan fingerprint density at radius 3 is 2.39 bits per heavy atom. The SMILES string of the molecule is CCCCNC(=O)c1ccccc1NC(=O)CCCOc1ccc(OC)cc1. The van der Waals surface area contributed by atoms with Crippen LogP contribution in [0.5, 0.6) is 11.5 Å². The second-order valence-corrected chi connectivity index (χ2v) is 6.33. The number of hydrogen-bond donors (Lipinski definition) is 2. The molecule has 0 aromatic heterocycles. The maximum Gasteiger partial charge on any atom is 0.253 e. The lowest BCUT2D eigenvalue weighted by Crippen LogP contribution is -2.26. The highest BCUT2D eigenvalue weighted by Gasteiger charge is 2.12. The summed E-state index contributed by atoms with van der Waals surface area (Å²) in [7, 11) is 1.61. The van der Waals surface area contributed by atoms with Crippen LogP contribution < -0.4 is 20.1 Å². The van der Waals surface area contributed by atoms with Gasteiger partial charge in [-0.2, -0.15) is 0 Å². The molecule has 2 aromatic carbocycles. The Morgan fingerprint density at radius 2 is 1.68 bits per heavy atom. The van der Waals surface area contributed by atoms with Gasteiger partial charge in [0, 0.05) is 13.0 Å². The number of anilines is 1. The van der Waals surface area contributed by atoms with Gasteiger partial charge in [-0.3, -0.25) is 9.59 Å². The van der Waals surface area contributed by atoms with Gasteiger partial charge in [-0.1, -0.05) is 25.5 Å². The third kappa shape index (κ3) is 6.95. The number of rotatable bonds is 11. The molecule has 0 fully saturated rings. The zero-order valence-electron chi connectivity index (χ0n) is 16.5. The number of nitrogens with one attached hydrogen (secondary N) is 2. The van der Waals surface area contributed by atoms with Gasteiger partial charge in [-0.15, -0.1) is 0 Å². The molecule has 0 unspecified atom stereocenters. The highest BCUT2D eigenvalue weighted by Crippen LogP contribution is 2.18. The lowest BCUT2D eigenvalue weighted by molar-refractivity contribution is -0.116. The Labute approximate surface area is 166 Å². The summed E-state index contributed by atoms with van der Waals surface area (Å²) in [4.78, 5) is 24.5. The summed E-state index contributed by atoms with van der Waals surface area (Å²) in [6.45, 7) is 3.12. The molecular formula is C22H28N2O4. The first-order valence-corrected chi connectivity index (χ1v) is 9.58. The number of para-hydroxylation sites is 1. The van der Waals surface area contributed by atoms with Gasteiger partial charge in [0.25, 0.3) is 5.91 Å². The molecule has 0 radical (unpaired) electrons. The minimum absolute atomic E-state index is 0.146. The molecule has 6 nitrogen and oxygen atoms in total. The molecule has 2 rings (SSSR count). The van der Waals surface area contributed by atoms with Crippen LogP contribution in [0, 0.1) is 0 Å². The van der Waals surface area contributed by atoms with Crippen LogP contribution >= 0.6 is 0 Å². The molecule has 0 saturated heterocycles.